The van der Waals surface area contributed by atoms with Crippen molar-refractivity contribution in [2.45, 2.75) is 13.8 Å². The quantitative estimate of drug-likeness (QED) is 0.163. The lowest BCUT2D eigenvalue weighted by Gasteiger charge is -2.11. The van der Waals surface area contributed by atoms with E-state index in [2.05, 4.69) is 308 Å². The van der Waals surface area contributed by atoms with E-state index in [-0.39, 0.29) is 0 Å². The second kappa shape index (κ2) is 19.6. The van der Waals surface area contributed by atoms with Gasteiger partial charge >= 0.3 is 0 Å². The van der Waals surface area contributed by atoms with Gasteiger partial charge in [-0.1, -0.05) is 196 Å². The van der Waals surface area contributed by atoms with E-state index in [0.29, 0.717) is 0 Å². The highest BCUT2D eigenvalue weighted by Crippen LogP contribution is 2.43. The second-order valence-corrected chi connectivity index (χ2v) is 20.3. The van der Waals surface area contributed by atoms with Crippen LogP contribution in [0.4, 0.5) is 0 Å². The summed E-state index contributed by atoms with van der Waals surface area (Å²) in [5.41, 5.74) is 21.2. The first-order chi connectivity index (χ1) is 40.2. The van der Waals surface area contributed by atoms with Crippen molar-refractivity contribution in [3.8, 4) is 45.0 Å². The number of hydrogen-bond donors (Lipinski definition) is 0. The Bertz CT molecular complexity index is 4980. The van der Waals surface area contributed by atoms with E-state index in [0.717, 1.165) is 44.9 Å². The second-order valence-electron chi connectivity index (χ2n) is 20.3. The van der Waals surface area contributed by atoms with E-state index in [1.54, 1.807) is 0 Å². The third-order valence-corrected chi connectivity index (χ3v) is 16.0. The molecule has 0 aliphatic carbocycles. The molecule has 0 N–H and O–H groups in total. The number of fused-ring (bicyclic) bond motifs is 15. The summed E-state index contributed by atoms with van der Waals surface area (Å²) in [6.45, 7) is 4.00. The number of imidazole rings is 2. The smallest absolute Gasteiger partial charge is 0.220 e. The molecule has 0 aliphatic rings. The molecule has 17 aromatic rings. The molecule has 6 heteroatoms. The average molecular weight is 1040 g/mol. The largest absolute Gasteiger partial charge is 0.309 e. The lowest BCUT2D eigenvalue weighted by atomic mass is 10.1. The van der Waals surface area contributed by atoms with Crippen LogP contribution in [0, 0.1) is 0 Å². The number of aromatic nitrogens is 6. The van der Waals surface area contributed by atoms with Crippen LogP contribution in [0.5, 0.6) is 0 Å². The van der Waals surface area contributed by atoms with Crippen molar-refractivity contribution in [2.24, 2.45) is 0 Å². The summed E-state index contributed by atoms with van der Waals surface area (Å²) in [7, 11) is 0. The molecule has 17 rings (SSSR count). The number of benzene rings is 12. The van der Waals surface area contributed by atoms with Crippen LogP contribution in [-0.4, -0.2) is 27.7 Å². The first-order valence-electron chi connectivity index (χ1n) is 28.0. The molecule has 0 atom stereocenters. The molecule has 384 valence electrons. The Morgan fingerprint density at radius 1 is 0.235 bits per heavy atom. The standard InChI is InChI=1S/C42H28N2.C31H20N4.C2H6/c1-3-11-29(12-4-1)31-19-23-33(24-20-31)43-37-17-9-7-15-35(37)41-39(43)27-28-40-42(41)36-16-8-10-18-38(36)44(40)34-25-21-32(22-26-34)30-13-5-2-6-14-30;1-2-10-21(11-3-1)33-26-14-6-4-12-23(26)24-20-22(18-19-27(24)33)34-29-16-8-9-17-30(29)35-28-15-7-5-13-25(28)32-31(34)35;1-2/h1-28H;1-20H;1-2H3. The molecule has 6 nitrogen and oxygen atoms in total. The van der Waals surface area contributed by atoms with Gasteiger partial charge in [-0.2, -0.15) is 0 Å². The Hall–Kier alpha value is -10.7. The van der Waals surface area contributed by atoms with E-state index in [1.807, 2.05) is 19.9 Å². The van der Waals surface area contributed by atoms with Gasteiger partial charge in [0.2, 0.25) is 5.78 Å². The van der Waals surface area contributed by atoms with Crippen molar-refractivity contribution in [1.82, 2.24) is 27.7 Å². The molecule has 81 heavy (non-hydrogen) atoms. The monoisotopic (exact) mass is 1040 g/mol. The van der Waals surface area contributed by atoms with Crippen LogP contribution in [0.2, 0.25) is 0 Å². The Labute approximate surface area is 468 Å². The molecule has 0 saturated heterocycles. The van der Waals surface area contributed by atoms with Crippen LogP contribution in [0.3, 0.4) is 0 Å². The van der Waals surface area contributed by atoms with Crippen molar-refractivity contribution in [3.63, 3.8) is 0 Å². The number of nitrogens with zero attached hydrogens (tertiary/aromatic N) is 6. The SMILES string of the molecule is CC.c1ccc(-c2ccc(-n3c4ccccc4c4c5c6ccccc6n(-c6ccc(-c7ccccc7)cc6)c5ccc43)cc2)cc1.c1ccc(-n2c3ccccc3c3cc(-n4c5ccccc5n5c6ccccc6nc45)ccc32)cc1. The first kappa shape index (κ1) is 47.5. The van der Waals surface area contributed by atoms with Gasteiger partial charge in [0.05, 0.1) is 55.2 Å². The summed E-state index contributed by atoms with van der Waals surface area (Å²) in [5, 5.41) is 7.59. The summed E-state index contributed by atoms with van der Waals surface area (Å²) in [6, 6.07) is 104. The fourth-order valence-electron chi connectivity index (χ4n) is 12.5. The van der Waals surface area contributed by atoms with Gasteiger partial charge in [0.1, 0.15) is 0 Å². The lowest BCUT2D eigenvalue weighted by Crippen LogP contribution is -1.96. The van der Waals surface area contributed by atoms with Gasteiger partial charge in [-0.25, -0.2) is 4.98 Å². The third kappa shape index (κ3) is 7.67. The maximum Gasteiger partial charge on any atom is 0.220 e. The van der Waals surface area contributed by atoms with Gasteiger partial charge in [-0.15, -0.1) is 0 Å². The van der Waals surface area contributed by atoms with Crippen LogP contribution < -0.4 is 0 Å². The Morgan fingerprint density at radius 2 is 0.593 bits per heavy atom. The molecule has 5 aromatic heterocycles. The van der Waals surface area contributed by atoms with Gasteiger partial charge in [0.15, 0.2) is 0 Å². The van der Waals surface area contributed by atoms with Gasteiger partial charge < -0.3 is 13.7 Å². The highest BCUT2D eigenvalue weighted by Gasteiger charge is 2.22. The Kier molecular flexibility index (Phi) is 11.5. The minimum Gasteiger partial charge on any atom is -0.309 e. The van der Waals surface area contributed by atoms with Crippen molar-refractivity contribution >= 4 is 93.3 Å². The zero-order chi connectivity index (χ0) is 54.0. The Morgan fingerprint density at radius 3 is 1.14 bits per heavy atom. The predicted molar refractivity (Wildman–Crippen MR) is 341 cm³/mol. The van der Waals surface area contributed by atoms with Gasteiger partial charge in [-0.05, 0) is 131 Å². The molecule has 0 saturated carbocycles. The normalized spacial score (nSPS) is 11.6. The average Bonchev–Trinajstić information content (AvgIpc) is 3.27. The topological polar surface area (TPSA) is 37.0 Å². The molecular formula is C75H54N6. The number of para-hydroxylation sites is 8. The van der Waals surface area contributed by atoms with Gasteiger partial charge in [-0.3, -0.25) is 8.97 Å². The van der Waals surface area contributed by atoms with Crippen molar-refractivity contribution < 1.29 is 0 Å². The molecule has 5 heterocycles. The fourth-order valence-corrected chi connectivity index (χ4v) is 12.5. The van der Waals surface area contributed by atoms with Crippen LogP contribution in [0.15, 0.2) is 291 Å². The van der Waals surface area contributed by atoms with E-state index >= 15 is 0 Å². The summed E-state index contributed by atoms with van der Waals surface area (Å²) in [4.78, 5) is 5.04. The third-order valence-electron chi connectivity index (χ3n) is 16.0. The van der Waals surface area contributed by atoms with E-state index in [9.17, 15) is 0 Å². The highest BCUT2D eigenvalue weighted by atomic mass is 15.2. The molecule has 0 radical (unpaired) electrons. The van der Waals surface area contributed by atoms with Crippen LogP contribution >= 0.6 is 0 Å². The molecule has 0 unspecified atom stereocenters. The van der Waals surface area contributed by atoms with Crippen molar-refractivity contribution in [3.05, 3.63) is 291 Å². The lowest BCUT2D eigenvalue weighted by molar-refractivity contribution is 1.11. The van der Waals surface area contributed by atoms with Crippen molar-refractivity contribution in [2.75, 3.05) is 0 Å². The van der Waals surface area contributed by atoms with E-state index in [1.165, 1.54) is 93.4 Å². The molecule has 0 spiro atoms. The fraction of sp³-hybridized carbons (Fsp3) is 0.0267. The number of rotatable bonds is 6. The van der Waals surface area contributed by atoms with Crippen molar-refractivity contribution in [1.29, 1.82) is 0 Å². The minimum absolute atomic E-state index is 0.929. The summed E-state index contributed by atoms with van der Waals surface area (Å²) in [5.74, 6) is 0.929. The minimum atomic E-state index is 0.929. The Balaban J connectivity index is 0.000000138. The zero-order valence-electron chi connectivity index (χ0n) is 44.9. The van der Waals surface area contributed by atoms with Gasteiger partial charge in [0.25, 0.3) is 0 Å². The molecule has 0 fully saturated rings. The van der Waals surface area contributed by atoms with Crippen LogP contribution in [-0.2, 0) is 0 Å². The van der Waals surface area contributed by atoms with E-state index < -0.39 is 0 Å². The maximum absolute atomic E-state index is 5.04. The summed E-state index contributed by atoms with van der Waals surface area (Å²) < 4.78 is 11.7. The molecule has 0 aliphatic heterocycles. The first-order valence-corrected chi connectivity index (χ1v) is 28.0. The van der Waals surface area contributed by atoms with E-state index in [4.69, 9.17) is 4.98 Å². The predicted octanol–water partition coefficient (Wildman–Crippen LogP) is 19.8. The number of hydrogen-bond acceptors (Lipinski definition) is 1. The van der Waals surface area contributed by atoms with Crippen LogP contribution in [0.25, 0.3) is 138 Å². The molecular weight excluding hydrogens is 985 g/mol. The van der Waals surface area contributed by atoms with Crippen LogP contribution in [0.1, 0.15) is 13.8 Å². The summed E-state index contributed by atoms with van der Waals surface area (Å²) >= 11 is 0. The molecule has 12 aromatic carbocycles. The maximum atomic E-state index is 5.04. The molecule has 0 bridgehead atoms. The van der Waals surface area contributed by atoms with Gasteiger partial charge in [0, 0.05) is 55.1 Å². The summed E-state index contributed by atoms with van der Waals surface area (Å²) in [6.07, 6.45) is 0. The highest BCUT2D eigenvalue weighted by molar-refractivity contribution is 6.29. The zero-order valence-corrected chi connectivity index (χ0v) is 44.9. The molecule has 0 amide bonds.